The maximum absolute atomic E-state index is 12.5. The van der Waals surface area contributed by atoms with Crippen molar-refractivity contribution >= 4 is 22.6 Å². The van der Waals surface area contributed by atoms with E-state index in [0.717, 1.165) is 16.7 Å². The van der Waals surface area contributed by atoms with E-state index in [2.05, 4.69) is 4.98 Å². The van der Waals surface area contributed by atoms with Gasteiger partial charge < -0.3 is 29.4 Å². The number of hydrogen-bond donors (Lipinski definition) is 3. The highest BCUT2D eigenvalue weighted by Crippen LogP contribution is 2.46. The zero-order valence-electron chi connectivity index (χ0n) is 16.7. The molecule has 0 atom stereocenters. The molecule has 0 saturated carbocycles. The van der Waals surface area contributed by atoms with Crippen LogP contribution < -0.4 is 15.2 Å². The van der Waals surface area contributed by atoms with E-state index in [1.165, 1.54) is 0 Å². The van der Waals surface area contributed by atoms with E-state index in [1.807, 2.05) is 61.4 Å². The minimum absolute atomic E-state index is 0.308. The SMILES string of the molecule is CCOc1cccc2c1cc1n2CN(C(C)(C)C)c2c-1[nH]c(=O)c(C(=O)O)c2O. The minimum Gasteiger partial charge on any atom is -0.505 e. The molecule has 3 N–H and O–H groups in total. The number of anilines is 1. The third-order valence-corrected chi connectivity index (χ3v) is 5.20. The Kier molecular flexibility index (Phi) is 4.11. The summed E-state index contributed by atoms with van der Waals surface area (Å²) in [5.74, 6) is -1.26. The van der Waals surface area contributed by atoms with Gasteiger partial charge in [-0.25, -0.2) is 4.79 Å². The summed E-state index contributed by atoms with van der Waals surface area (Å²) in [6, 6.07) is 7.66. The molecule has 0 spiro atoms. The molecular formula is C21H23N3O5. The number of carbonyl (C=O) groups is 1. The van der Waals surface area contributed by atoms with Gasteiger partial charge >= 0.3 is 5.97 Å². The molecule has 0 amide bonds. The maximum Gasteiger partial charge on any atom is 0.345 e. The highest BCUT2D eigenvalue weighted by atomic mass is 16.5. The average molecular weight is 397 g/mol. The topological polar surface area (TPSA) is 108 Å². The molecule has 3 aromatic rings. The molecule has 0 radical (unpaired) electrons. The molecule has 4 rings (SSSR count). The van der Waals surface area contributed by atoms with E-state index in [1.54, 1.807) is 0 Å². The zero-order chi connectivity index (χ0) is 21.1. The van der Waals surface area contributed by atoms with E-state index in [9.17, 15) is 19.8 Å². The van der Waals surface area contributed by atoms with Crippen molar-refractivity contribution in [1.29, 1.82) is 0 Å². The molecule has 1 aromatic carbocycles. The minimum atomic E-state index is -1.47. The van der Waals surface area contributed by atoms with Crippen molar-refractivity contribution < 1.29 is 19.7 Å². The van der Waals surface area contributed by atoms with Crippen LogP contribution in [0.4, 0.5) is 5.69 Å². The van der Waals surface area contributed by atoms with Crippen LogP contribution in [0.5, 0.6) is 11.5 Å². The fourth-order valence-electron chi connectivity index (χ4n) is 3.88. The second kappa shape index (κ2) is 6.30. The van der Waals surface area contributed by atoms with Gasteiger partial charge in [0.15, 0.2) is 11.3 Å². The molecule has 8 heteroatoms. The molecule has 0 saturated heterocycles. The van der Waals surface area contributed by atoms with E-state index < -0.39 is 28.4 Å². The van der Waals surface area contributed by atoms with Gasteiger partial charge in [0, 0.05) is 10.9 Å². The van der Waals surface area contributed by atoms with E-state index in [0.29, 0.717) is 30.4 Å². The van der Waals surface area contributed by atoms with Crippen molar-refractivity contribution in [3.8, 4) is 22.9 Å². The van der Waals surface area contributed by atoms with Crippen LogP contribution in [-0.2, 0) is 6.67 Å². The van der Waals surface area contributed by atoms with Gasteiger partial charge in [0.1, 0.15) is 11.4 Å². The highest BCUT2D eigenvalue weighted by molar-refractivity contribution is 5.99. The molecule has 0 fully saturated rings. The maximum atomic E-state index is 12.5. The Labute approximate surface area is 167 Å². The lowest BCUT2D eigenvalue weighted by Crippen LogP contribution is -2.45. The average Bonchev–Trinajstić information content (AvgIpc) is 3.00. The number of carboxylic acid groups (broad SMARTS) is 1. The van der Waals surface area contributed by atoms with Crippen molar-refractivity contribution in [2.45, 2.75) is 39.9 Å². The molecule has 8 nitrogen and oxygen atoms in total. The monoisotopic (exact) mass is 397 g/mol. The molecule has 0 unspecified atom stereocenters. The number of pyridine rings is 1. The van der Waals surface area contributed by atoms with E-state index in [-0.39, 0.29) is 0 Å². The van der Waals surface area contributed by atoms with Gasteiger partial charge in [-0.3, -0.25) is 4.79 Å². The molecule has 1 aliphatic heterocycles. The van der Waals surface area contributed by atoms with Gasteiger partial charge in [-0.15, -0.1) is 0 Å². The van der Waals surface area contributed by atoms with Crippen LogP contribution in [0.25, 0.3) is 22.3 Å². The van der Waals surface area contributed by atoms with Gasteiger partial charge in [0.2, 0.25) is 0 Å². The predicted molar refractivity (Wildman–Crippen MR) is 110 cm³/mol. The van der Waals surface area contributed by atoms with Crippen molar-refractivity contribution in [2.24, 2.45) is 0 Å². The molecule has 0 bridgehead atoms. The normalized spacial score (nSPS) is 13.3. The number of nitrogens with one attached hydrogen (secondary N) is 1. The van der Waals surface area contributed by atoms with Crippen LogP contribution in [0.3, 0.4) is 0 Å². The lowest BCUT2D eigenvalue weighted by atomic mass is 10.0. The molecule has 0 aliphatic carbocycles. The van der Waals surface area contributed by atoms with Crippen LogP contribution in [0.2, 0.25) is 0 Å². The highest BCUT2D eigenvalue weighted by Gasteiger charge is 2.36. The summed E-state index contributed by atoms with van der Waals surface area (Å²) in [4.78, 5) is 28.6. The Balaban J connectivity index is 2.10. The molecular weight excluding hydrogens is 374 g/mol. The number of ether oxygens (including phenoxy) is 1. The van der Waals surface area contributed by atoms with E-state index >= 15 is 0 Å². The summed E-state index contributed by atoms with van der Waals surface area (Å²) in [5, 5.41) is 21.1. The Morgan fingerprint density at radius 3 is 2.66 bits per heavy atom. The summed E-state index contributed by atoms with van der Waals surface area (Å²) in [5.41, 5.74) is 0.357. The number of rotatable bonds is 3. The van der Waals surface area contributed by atoms with Crippen molar-refractivity contribution in [2.75, 3.05) is 11.5 Å². The van der Waals surface area contributed by atoms with Crippen LogP contribution in [-0.4, -0.2) is 37.9 Å². The van der Waals surface area contributed by atoms with E-state index in [4.69, 9.17) is 4.74 Å². The first-order valence-electron chi connectivity index (χ1n) is 9.40. The van der Waals surface area contributed by atoms with Gasteiger partial charge in [0.05, 0.1) is 30.2 Å². The van der Waals surface area contributed by atoms with Gasteiger partial charge in [-0.05, 0) is 45.9 Å². The number of H-pyrrole nitrogens is 1. The molecule has 29 heavy (non-hydrogen) atoms. The smallest absolute Gasteiger partial charge is 0.345 e. The van der Waals surface area contributed by atoms with Crippen molar-refractivity contribution in [3.63, 3.8) is 0 Å². The molecule has 1 aliphatic rings. The Hall–Kier alpha value is -3.42. The lowest BCUT2D eigenvalue weighted by Gasteiger charge is -2.42. The van der Waals surface area contributed by atoms with Gasteiger partial charge in [-0.1, -0.05) is 6.07 Å². The number of benzene rings is 1. The second-order valence-electron chi connectivity index (χ2n) is 8.03. The Morgan fingerprint density at radius 1 is 1.31 bits per heavy atom. The summed E-state index contributed by atoms with van der Waals surface area (Å²) in [6.45, 7) is 8.69. The van der Waals surface area contributed by atoms with Crippen LogP contribution >= 0.6 is 0 Å². The van der Waals surface area contributed by atoms with Crippen molar-refractivity contribution in [1.82, 2.24) is 9.55 Å². The van der Waals surface area contributed by atoms with Gasteiger partial charge in [0.25, 0.3) is 5.56 Å². The first-order chi connectivity index (χ1) is 13.6. The van der Waals surface area contributed by atoms with Crippen LogP contribution in [0.15, 0.2) is 29.1 Å². The molecule has 3 heterocycles. The second-order valence-corrected chi connectivity index (χ2v) is 8.03. The predicted octanol–water partition coefficient (Wildman–Crippen LogP) is 3.38. The van der Waals surface area contributed by atoms with Crippen molar-refractivity contribution in [3.05, 3.63) is 40.2 Å². The number of aromatic amines is 1. The third-order valence-electron chi connectivity index (χ3n) is 5.20. The number of aromatic hydroxyl groups is 1. The Bertz CT molecular complexity index is 1200. The first kappa shape index (κ1) is 18.9. The molecule has 152 valence electrons. The summed E-state index contributed by atoms with van der Waals surface area (Å²) in [6.07, 6.45) is 0. The quantitative estimate of drug-likeness (QED) is 0.625. The number of fused-ring (bicyclic) bond motifs is 5. The van der Waals surface area contributed by atoms with Crippen LogP contribution in [0, 0.1) is 0 Å². The number of carboxylic acids is 1. The summed E-state index contributed by atoms with van der Waals surface area (Å²) in [7, 11) is 0. The number of hydrogen-bond acceptors (Lipinski definition) is 5. The zero-order valence-corrected chi connectivity index (χ0v) is 16.7. The number of aromatic nitrogens is 2. The number of aromatic carboxylic acids is 1. The summed E-state index contributed by atoms with van der Waals surface area (Å²) >= 11 is 0. The third kappa shape index (κ3) is 2.74. The summed E-state index contributed by atoms with van der Waals surface area (Å²) < 4.78 is 7.78. The van der Waals surface area contributed by atoms with Gasteiger partial charge in [-0.2, -0.15) is 0 Å². The largest absolute Gasteiger partial charge is 0.505 e. The Morgan fingerprint density at radius 2 is 2.03 bits per heavy atom. The fourth-order valence-corrected chi connectivity index (χ4v) is 3.88. The molecule has 2 aromatic heterocycles. The standard InChI is InChI=1S/C21H23N3O5/c1-5-29-14-8-6-7-12-11(14)9-13-16-17(24(10-23(12)13)21(2,3)4)18(25)15(20(27)28)19(26)22-16/h6-9H,5,10H2,1-4H3,(H,27,28)(H2,22,25,26). The fraction of sp³-hybridized carbons (Fsp3) is 0.333. The van der Waals surface area contributed by atoms with Crippen LogP contribution in [0.1, 0.15) is 38.1 Å². The lowest BCUT2D eigenvalue weighted by molar-refractivity contribution is 0.0691. The first-order valence-corrected chi connectivity index (χ1v) is 9.40. The number of nitrogens with zero attached hydrogens (tertiary/aromatic N) is 2.